The van der Waals surface area contributed by atoms with Crippen molar-refractivity contribution in [2.75, 3.05) is 18.1 Å². The van der Waals surface area contributed by atoms with E-state index in [1.807, 2.05) is 0 Å². The lowest BCUT2D eigenvalue weighted by Crippen LogP contribution is -2.25. The fraction of sp³-hybridized carbons (Fsp3) is 1.00. The molecule has 98 valence electrons. The van der Waals surface area contributed by atoms with E-state index in [1.165, 1.54) is 0 Å². The van der Waals surface area contributed by atoms with Crippen molar-refractivity contribution in [1.29, 1.82) is 0 Å². The Hall–Kier alpha value is -0.0900. The van der Waals surface area contributed by atoms with E-state index in [0.29, 0.717) is 17.7 Å². The van der Waals surface area contributed by atoms with Crippen LogP contribution in [0.15, 0.2) is 0 Å². The largest absolute Gasteiger partial charge is 0.315 e. The molecule has 0 aromatic rings. The van der Waals surface area contributed by atoms with Crippen molar-refractivity contribution < 1.29 is 8.42 Å². The first-order valence-corrected chi connectivity index (χ1v) is 8.13. The third-order valence-electron chi connectivity index (χ3n) is 2.78. The maximum atomic E-state index is 11.3. The first-order chi connectivity index (χ1) is 7.37. The Morgan fingerprint density at radius 2 is 1.75 bits per heavy atom. The van der Waals surface area contributed by atoms with E-state index >= 15 is 0 Å². The summed E-state index contributed by atoms with van der Waals surface area (Å²) in [5, 5.41) is 3.38. The molecule has 0 aliphatic carbocycles. The highest BCUT2D eigenvalue weighted by atomic mass is 32.2. The molecule has 0 aromatic carbocycles. The van der Waals surface area contributed by atoms with Crippen molar-refractivity contribution in [3.05, 3.63) is 0 Å². The molecule has 0 aromatic heterocycles. The fourth-order valence-corrected chi connectivity index (χ4v) is 2.45. The van der Waals surface area contributed by atoms with Gasteiger partial charge in [0.2, 0.25) is 0 Å². The summed E-state index contributed by atoms with van der Waals surface area (Å²) in [5.74, 6) is 1.24. The van der Waals surface area contributed by atoms with Gasteiger partial charge in [0.15, 0.2) is 0 Å². The standard InChI is InChI=1S/C12H27NO2S/c1-5-16(14,15)10-6-7-12(4)8-9-13-11(2)3/h11-13H,5-10H2,1-4H3. The third kappa shape index (κ3) is 9.16. The van der Waals surface area contributed by atoms with E-state index in [-0.39, 0.29) is 5.75 Å². The molecule has 0 radical (unpaired) electrons. The van der Waals surface area contributed by atoms with Crippen LogP contribution >= 0.6 is 0 Å². The molecule has 3 nitrogen and oxygen atoms in total. The van der Waals surface area contributed by atoms with Crippen LogP contribution in [-0.2, 0) is 9.84 Å². The lowest BCUT2D eigenvalue weighted by molar-refractivity contribution is 0.449. The van der Waals surface area contributed by atoms with Crippen LogP contribution in [0.1, 0.15) is 47.0 Å². The van der Waals surface area contributed by atoms with E-state index < -0.39 is 9.84 Å². The molecule has 1 N–H and O–H groups in total. The molecule has 0 amide bonds. The van der Waals surface area contributed by atoms with Gasteiger partial charge in [-0.2, -0.15) is 0 Å². The van der Waals surface area contributed by atoms with E-state index in [9.17, 15) is 8.42 Å². The monoisotopic (exact) mass is 249 g/mol. The zero-order chi connectivity index (χ0) is 12.6. The Labute approximate surface area is 101 Å². The van der Waals surface area contributed by atoms with Crippen molar-refractivity contribution >= 4 is 9.84 Å². The molecule has 0 spiro atoms. The Morgan fingerprint density at radius 1 is 1.12 bits per heavy atom. The smallest absolute Gasteiger partial charge is 0.150 e. The van der Waals surface area contributed by atoms with Gasteiger partial charge >= 0.3 is 0 Å². The number of hydrogen-bond donors (Lipinski definition) is 1. The second kappa shape index (κ2) is 8.07. The van der Waals surface area contributed by atoms with Crippen LogP contribution in [0.4, 0.5) is 0 Å². The first-order valence-electron chi connectivity index (χ1n) is 6.31. The molecule has 0 aliphatic heterocycles. The van der Waals surface area contributed by atoms with Gasteiger partial charge in [0.1, 0.15) is 9.84 Å². The maximum absolute atomic E-state index is 11.3. The second-order valence-electron chi connectivity index (χ2n) is 4.88. The Bertz CT molecular complexity index is 260. The van der Waals surface area contributed by atoms with Gasteiger partial charge in [0.05, 0.1) is 5.75 Å². The summed E-state index contributed by atoms with van der Waals surface area (Å²) in [6.45, 7) is 9.21. The number of hydrogen-bond acceptors (Lipinski definition) is 3. The van der Waals surface area contributed by atoms with Crippen LogP contribution in [0.5, 0.6) is 0 Å². The highest BCUT2D eigenvalue weighted by molar-refractivity contribution is 7.91. The molecule has 0 bridgehead atoms. The van der Waals surface area contributed by atoms with Gasteiger partial charge in [-0.25, -0.2) is 8.42 Å². The van der Waals surface area contributed by atoms with Gasteiger partial charge in [-0.1, -0.05) is 27.7 Å². The van der Waals surface area contributed by atoms with Gasteiger partial charge < -0.3 is 5.32 Å². The average molecular weight is 249 g/mol. The lowest BCUT2D eigenvalue weighted by atomic mass is 10.0. The van der Waals surface area contributed by atoms with Crippen LogP contribution in [0.25, 0.3) is 0 Å². The third-order valence-corrected chi connectivity index (χ3v) is 4.57. The predicted molar refractivity (Wildman–Crippen MR) is 70.5 cm³/mol. The summed E-state index contributed by atoms with van der Waals surface area (Å²) < 4.78 is 22.5. The molecule has 0 saturated heterocycles. The fourth-order valence-electron chi connectivity index (χ4n) is 1.56. The minimum absolute atomic E-state index is 0.274. The quantitative estimate of drug-likeness (QED) is 0.681. The van der Waals surface area contributed by atoms with E-state index in [0.717, 1.165) is 25.8 Å². The van der Waals surface area contributed by atoms with Crippen molar-refractivity contribution in [2.24, 2.45) is 5.92 Å². The number of nitrogens with one attached hydrogen (secondary N) is 1. The molecule has 4 heteroatoms. The first kappa shape index (κ1) is 15.9. The van der Waals surface area contributed by atoms with Gasteiger partial charge in [-0.3, -0.25) is 0 Å². The summed E-state index contributed by atoms with van der Waals surface area (Å²) in [4.78, 5) is 0. The average Bonchev–Trinajstić information content (AvgIpc) is 2.17. The molecule has 16 heavy (non-hydrogen) atoms. The predicted octanol–water partition coefficient (Wildman–Crippen LogP) is 2.23. The van der Waals surface area contributed by atoms with Crippen LogP contribution in [-0.4, -0.2) is 32.5 Å². The second-order valence-corrected chi connectivity index (χ2v) is 7.35. The van der Waals surface area contributed by atoms with E-state index in [4.69, 9.17) is 0 Å². The van der Waals surface area contributed by atoms with Gasteiger partial charge in [0, 0.05) is 11.8 Å². The van der Waals surface area contributed by atoms with Crippen molar-refractivity contribution in [2.45, 2.75) is 53.0 Å². The normalized spacial score (nSPS) is 14.3. The zero-order valence-electron chi connectivity index (χ0n) is 11.1. The molecule has 1 unspecified atom stereocenters. The van der Waals surface area contributed by atoms with Crippen molar-refractivity contribution in [1.82, 2.24) is 5.32 Å². The highest BCUT2D eigenvalue weighted by Crippen LogP contribution is 2.10. The molecule has 1 atom stereocenters. The van der Waals surface area contributed by atoms with Gasteiger partial charge in [0.25, 0.3) is 0 Å². The Kier molecular flexibility index (Phi) is 8.02. The highest BCUT2D eigenvalue weighted by Gasteiger charge is 2.09. The number of rotatable bonds is 9. The molecule has 0 saturated carbocycles. The summed E-state index contributed by atoms with van der Waals surface area (Å²) in [6.07, 6.45) is 2.95. The SMILES string of the molecule is CCS(=O)(=O)CCCC(C)CCNC(C)C. The molecular formula is C12H27NO2S. The van der Waals surface area contributed by atoms with E-state index in [2.05, 4.69) is 26.1 Å². The molecule has 0 aliphatic rings. The molecule has 0 rings (SSSR count). The summed E-state index contributed by atoms with van der Waals surface area (Å²) in [5.41, 5.74) is 0. The van der Waals surface area contributed by atoms with Gasteiger partial charge in [-0.05, 0) is 31.7 Å². The van der Waals surface area contributed by atoms with Gasteiger partial charge in [-0.15, -0.1) is 0 Å². The van der Waals surface area contributed by atoms with Crippen LogP contribution in [0.3, 0.4) is 0 Å². The molecular weight excluding hydrogens is 222 g/mol. The van der Waals surface area contributed by atoms with Crippen LogP contribution < -0.4 is 5.32 Å². The Morgan fingerprint density at radius 3 is 2.25 bits per heavy atom. The maximum Gasteiger partial charge on any atom is 0.150 e. The molecule has 0 fully saturated rings. The van der Waals surface area contributed by atoms with Crippen molar-refractivity contribution in [3.63, 3.8) is 0 Å². The lowest BCUT2D eigenvalue weighted by Gasteiger charge is -2.13. The van der Waals surface area contributed by atoms with Crippen LogP contribution in [0, 0.1) is 5.92 Å². The summed E-state index contributed by atoms with van der Waals surface area (Å²) >= 11 is 0. The van der Waals surface area contributed by atoms with Crippen molar-refractivity contribution in [3.8, 4) is 0 Å². The minimum Gasteiger partial charge on any atom is -0.315 e. The topological polar surface area (TPSA) is 46.2 Å². The van der Waals surface area contributed by atoms with E-state index in [1.54, 1.807) is 6.92 Å². The zero-order valence-corrected chi connectivity index (χ0v) is 11.9. The Balaban J connectivity index is 3.55. The summed E-state index contributed by atoms with van der Waals surface area (Å²) in [6, 6.07) is 0.535. The molecule has 0 heterocycles. The minimum atomic E-state index is -2.76. The van der Waals surface area contributed by atoms with Crippen LogP contribution in [0.2, 0.25) is 0 Å². The number of sulfone groups is 1. The summed E-state index contributed by atoms with van der Waals surface area (Å²) in [7, 11) is -2.76.